The van der Waals surface area contributed by atoms with Crippen LogP contribution in [0.1, 0.15) is 25.5 Å². The van der Waals surface area contributed by atoms with Gasteiger partial charge in [0.25, 0.3) is 0 Å². The SMILES string of the molecule is CC(C)(CN1CCO[C@H](c2ccc(Cl)cc2)C1)N1CCOCC1. The van der Waals surface area contributed by atoms with Gasteiger partial charge in [0.05, 0.1) is 25.9 Å². The summed E-state index contributed by atoms with van der Waals surface area (Å²) in [7, 11) is 0. The molecule has 1 atom stereocenters. The van der Waals surface area contributed by atoms with E-state index in [1.807, 2.05) is 12.1 Å². The largest absolute Gasteiger partial charge is 0.379 e. The summed E-state index contributed by atoms with van der Waals surface area (Å²) in [5.74, 6) is 0. The standard InChI is InChI=1S/C18H27ClN2O2/c1-18(2,21-8-10-22-11-9-21)14-20-7-12-23-17(13-20)15-3-5-16(19)6-4-15/h3-6,17H,7-14H2,1-2H3/t17-/m0/s1. The van der Waals surface area contributed by atoms with Crippen molar-refractivity contribution in [1.29, 1.82) is 0 Å². The summed E-state index contributed by atoms with van der Waals surface area (Å²) in [4.78, 5) is 5.07. The van der Waals surface area contributed by atoms with Crippen LogP contribution in [0.4, 0.5) is 0 Å². The minimum absolute atomic E-state index is 0.140. The lowest BCUT2D eigenvalue weighted by molar-refractivity contribution is -0.0612. The molecule has 5 heteroatoms. The van der Waals surface area contributed by atoms with E-state index in [9.17, 15) is 0 Å². The van der Waals surface area contributed by atoms with Crippen LogP contribution >= 0.6 is 11.6 Å². The molecule has 0 spiro atoms. The van der Waals surface area contributed by atoms with Gasteiger partial charge in [-0.2, -0.15) is 0 Å². The average Bonchev–Trinajstić information content (AvgIpc) is 2.56. The fourth-order valence-electron chi connectivity index (χ4n) is 3.54. The molecule has 2 aliphatic rings. The first kappa shape index (κ1) is 17.2. The quantitative estimate of drug-likeness (QED) is 0.843. The minimum atomic E-state index is 0.140. The lowest BCUT2D eigenvalue weighted by Gasteiger charge is -2.45. The van der Waals surface area contributed by atoms with Crippen molar-refractivity contribution in [2.75, 3.05) is 52.5 Å². The van der Waals surface area contributed by atoms with E-state index in [0.29, 0.717) is 0 Å². The zero-order valence-corrected chi connectivity index (χ0v) is 14.9. The summed E-state index contributed by atoms with van der Waals surface area (Å²) in [5.41, 5.74) is 1.37. The number of hydrogen-bond acceptors (Lipinski definition) is 4. The van der Waals surface area contributed by atoms with Gasteiger partial charge < -0.3 is 9.47 Å². The molecule has 0 aliphatic carbocycles. The zero-order chi connectivity index (χ0) is 16.3. The van der Waals surface area contributed by atoms with Crippen LogP contribution < -0.4 is 0 Å². The van der Waals surface area contributed by atoms with E-state index in [-0.39, 0.29) is 11.6 Å². The van der Waals surface area contributed by atoms with Crippen molar-refractivity contribution in [1.82, 2.24) is 9.80 Å². The van der Waals surface area contributed by atoms with Crippen molar-refractivity contribution in [3.05, 3.63) is 34.9 Å². The van der Waals surface area contributed by atoms with Gasteiger partial charge in [-0.3, -0.25) is 9.80 Å². The summed E-state index contributed by atoms with van der Waals surface area (Å²) in [6.45, 7) is 12.2. The van der Waals surface area contributed by atoms with E-state index in [1.54, 1.807) is 0 Å². The summed E-state index contributed by atoms with van der Waals surface area (Å²) in [6, 6.07) is 8.03. The van der Waals surface area contributed by atoms with Crippen molar-refractivity contribution in [3.63, 3.8) is 0 Å². The van der Waals surface area contributed by atoms with Gasteiger partial charge >= 0.3 is 0 Å². The Kier molecular flexibility index (Phi) is 5.60. The molecule has 3 rings (SSSR count). The highest BCUT2D eigenvalue weighted by molar-refractivity contribution is 6.30. The number of nitrogens with zero attached hydrogens (tertiary/aromatic N) is 2. The van der Waals surface area contributed by atoms with Gasteiger partial charge in [0.15, 0.2) is 0 Å². The van der Waals surface area contributed by atoms with Crippen LogP contribution in [0.15, 0.2) is 24.3 Å². The highest BCUT2D eigenvalue weighted by Gasteiger charge is 2.32. The smallest absolute Gasteiger partial charge is 0.0952 e. The molecule has 2 heterocycles. The first-order chi connectivity index (χ1) is 11.0. The predicted molar refractivity (Wildman–Crippen MR) is 93.1 cm³/mol. The van der Waals surface area contributed by atoms with Crippen molar-refractivity contribution >= 4 is 11.6 Å². The van der Waals surface area contributed by atoms with E-state index in [2.05, 4.69) is 35.8 Å². The molecule has 0 aromatic heterocycles. The maximum Gasteiger partial charge on any atom is 0.0952 e. The van der Waals surface area contributed by atoms with E-state index in [4.69, 9.17) is 21.1 Å². The molecule has 4 nitrogen and oxygen atoms in total. The van der Waals surface area contributed by atoms with Gasteiger partial charge in [-0.05, 0) is 31.5 Å². The van der Waals surface area contributed by atoms with Crippen LogP contribution in [0.5, 0.6) is 0 Å². The van der Waals surface area contributed by atoms with E-state index < -0.39 is 0 Å². The third kappa shape index (κ3) is 4.46. The summed E-state index contributed by atoms with van der Waals surface area (Å²) >= 11 is 5.99. The molecular weight excluding hydrogens is 312 g/mol. The lowest BCUT2D eigenvalue weighted by Crippen LogP contribution is -2.56. The Hall–Kier alpha value is -0.650. The van der Waals surface area contributed by atoms with Crippen LogP contribution in [0.25, 0.3) is 0 Å². The fraction of sp³-hybridized carbons (Fsp3) is 0.667. The van der Waals surface area contributed by atoms with Crippen LogP contribution in [0, 0.1) is 0 Å². The molecule has 0 N–H and O–H groups in total. The van der Waals surface area contributed by atoms with Gasteiger partial charge in [0.2, 0.25) is 0 Å². The Morgan fingerprint density at radius 3 is 2.48 bits per heavy atom. The van der Waals surface area contributed by atoms with Gasteiger partial charge in [-0.15, -0.1) is 0 Å². The Bertz CT molecular complexity index is 500. The number of hydrogen-bond donors (Lipinski definition) is 0. The third-order valence-corrected chi connectivity index (χ3v) is 5.12. The van der Waals surface area contributed by atoms with Crippen molar-refractivity contribution in [2.24, 2.45) is 0 Å². The van der Waals surface area contributed by atoms with Crippen molar-refractivity contribution in [3.8, 4) is 0 Å². The number of morpholine rings is 2. The van der Waals surface area contributed by atoms with Gasteiger partial charge in [-0.25, -0.2) is 0 Å². The zero-order valence-electron chi connectivity index (χ0n) is 14.1. The second-order valence-corrected chi connectivity index (χ2v) is 7.49. The topological polar surface area (TPSA) is 24.9 Å². The molecule has 23 heavy (non-hydrogen) atoms. The molecule has 128 valence electrons. The molecule has 0 bridgehead atoms. The highest BCUT2D eigenvalue weighted by atomic mass is 35.5. The minimum Gasteiger partial charge on any atom is -0.379 e. The number of ether oxygens (including phenoxy) is 2. The van der Waals surface area contributed by atoms with Crippen molar-refractivity contribution < 1.29 is 9.47 Å². The maximum atomic E-state index is 5.99. The highest BCUT2D eigenvalue weighted by Crippen LogP contribution is 2.26. The van der Waals surface area contributed by atoms with Gasteiger partial charge in [0.1, 0.15) is 0 Å². The van der Waals surface area contributed by atoms with Crippen LogP contribution in [-0.4, -0.2) is 67.9 Å². The lowest BCUT2D eigenvalue weighted by atomic mass is 9.99. The van der Waals surface area contributed by atoms with Crippen LogP contribution in [-0.2, 0) is 9.47 Å². The summed E-state index contributed by atoms with van der Waals surface area (Å²) in [6.07, 6.45) is 0.140. The Balaban J connectivity index is 1.60. The first-order valence-electron chi connectivity index (χ1n) is 8.47. The molecule has 1 aromatic rings. The predicted octanol–water partition coefficient (Wildman–Crippen LogP) is 2.82. The van der Waals surface area contributed by atoms with Gasteiger partial charge in [-0.1, -0.05) is 23.7 Å². The van der Waals surface area contributed by atoms with Crippen LogP contribution in [0.2, 0.25) is 5.02 Å². The second kappa shape index (κ2) is 7.49. The fourth-order valence-corrected chi connectivity index (χ4v) is 3.67. The molecule has 0 radical (unpaired) electrons. The summed E-state index contributed by atoms with van der Waals surface area (Å²) < 4.78 is 11.5. The molecule has 0 amide bonds. The van der Waals surface area contributed by atoms with Crippen LogP contribution in [0.3, 0.4) is 0 Å². The molecule has 0 unspecified atom stereocenters. The Morgan fingerprint density at radius 2 is 1.78 bits per heavy atom. The van der Waals surface area contributed by atoms with Crippen molar-refractivity contribution in [2.45, 2.75) is 25.5 Å². The van der Waals surface area contributed by atoms with E-state index >= 15 is 0 Å². The first-order valence-corrected chi connectivity index (χ1v) is 8.85. The number of rotatable bonds is 4. The molecule has 0 saturated carbocycles. The maximum absolute atomic E-state index is 5.99. The van der Waals surface area contributed by atoms with E-state index in [1.165, 1.54) is 5.56 Å². The average molecular weight is 339 g/mol. The molecular formula is C18H27ClN2O2. The summed E-state index contributed by atoms with van der Waals surface area (Å²) in [5, 5.41) is 0.773. The molecule has 2 saturated heterocycles. The Labute approximate surface area is 144 Å². The monoisotopic (exact) mass is 338 g/mol. The normalized spacial score (nSPS) is 24.7. The van der Waals surface area contributed by atoms with E-state index in [0.717, 1.165) is 57.6 Å². The number of halogens is 1. The molecule has 2 aliphatic heterocycles. The van der Waals surface area contributed by atoms with Gasteiger partial charge in [0, 0.05) is 43.3 Å². The third-order valence-electron chi connectivity index (χ3n) is 4.87. The molecule has 1 aromatic carbocycles. The Morgan fingerprint density at radius 1 is 1.09 bits per heavy atom. The molecule has 2 fully saturated rings. The second-order valence-electron chi connectivity index (χ2n) is 7.06. The number of benzene rings is 1.